The third-order valence-electron chi connectivity index (χ3n) is 7.32. The smallest absolute Gasteiger partial charge is 0.333 e. The Balaban J connectivity index is 1.32. The van der Waals surface area contributed by atoms with Crippen LogP contribution in [0.3, 0.4) is 0 Å². The summed E-state index contributed by atoms with van der Waals surface area (Å²) < 4.78 is 9.07. The molecule has 1 aliphatic heterocycles. The van der Waals surface area contributed by atoms with Gasteiger partial charge in [-0.1, -0.05) is 42.5 Å². The van der Waals surface area contributed by atoms with Crippen LogP contribution >= 0.6 is 0 Å². The largest absolute Gasteiger partial charge is 0.449 e. The van der Waals surface area contributed by atoms with Crippen molar-refractivity contribution in [1.29, 1.82) is 0 Å². The number of aromatic nitrogens is 3. The highest BCUT2D eigenvalue weighted by Gasteiger charge is 2.18. The number of oxazole rings is 1. The first-order valence-corrected chi connectivity index (χ1v) is 12.8. The van der Waals surface area contributed by atoms with Gasteiger partial charge in [0.25, 0.3) is 0 Å². The zero-order valence-corrected chi connectivity index (χ0v) is 21.3. The molecule has 0 N–H and O–H groups in total. The Bertz CT molecular complexity index is 1590. The summed E-state index contributed by atoms with van der Waals surface area (Å²) in [7, 11) is 2.17. The second-order valence-corrected chi connectivity index (χ2v) is 9.73. The average molecular weight is 494 g/mol. The van der Waals surface area contributed by atoms with E-state index in [1.54, 1.807) is 10.8 Å². The fourth-order valence-corrected chi connectivity index (χ4v) is 5.26. The highest BCUT2D eigenvalue weighted by molar-refractivity contribution is 5.78. The Hall–Kier alpha value is -4.10. The van der Waals surface area contributed by atoms with E-state index in [1.165, 1.54) is 11.3 Å². The lowest BCUT2D eigenvalue weighted by Crippen LogP contribution is -2.44. The molecule has 1 fully saturated rings. The molecule has 3 heterocycles. The molecule has 0 aliphatic carbocycles. The number of fused-ring (bicyclic) bond motifs is 1. The van der Waals surface area contributed by atoms with Crippen molar-refractivity contribution in [3.63, 3.8) is 0 Å². The number of rotatable bonds is 6. The van der Waals surface area contributed by atoms with Crippen LogP contribution in [-0.4, -0.2) is 52.2 Å². The van der Waals surface area contributed by atoms with E-state index in [1.807, 2.05) is 60.0 Å². The van der Waals surface area contributed by atoms with Gasteiger partial charge in [0.1, 0.15) is 12.0 Å². The van der Waals surface area contributed by atoms with Gasteiger partial charge in [-0.2, -0.15) is 0 Å². The topological polar surface area (TPSA) is 59.4 Å². The molecule has 0 amide bonds. The molecule has 0 unspecified atom stereocenters. The van der Waals surface area contributed by atoms with Gasteiger partial charge in [-0.25, -0.2) is 9.78 Å². The SMILES string of the molecule is Cc1nc(-c2ccc(-n3c(=O)n(CCc4ccccc4N4CCN(C)CC4)c4ccccc43)cc2)co1. The summed E-state index contributed by atoms with van der Waals surface area (Å²) in [4.78, 5) is 23.0. The van der Waals surface area contributed by atoms with Gasteiger partial charge in [0.2, 0.25) is 0 Å². The molecule has 1 saturated heterocycles. The Morgan fingerprint density at radius 3 is 2.30 bits per heavy atom. The Kier molecular flexibility index (Phi) is 6.14. The first-order chi connectivity index (χ1) is 18.1. The van der Waals surface area contributed by atoms with Crippen molar-refractivity contribution in [3.05, 3.63) is 101 Å². The molecule has 7 heteroatoms. The number of aryl methyl sites for hydroxylation is 3. The molecule has 5 aromatic rings. The van der Waals surface area contributed by atoms with Gasteiger partial charge in [0.05, 0.1) is 16.7 Å². The van der Waals surface area contributed by atoms with Crippen molar-refractivity contribution in [1.82, 2.24) is 19.0 Å². The number of imidazole rings is 1. The number of anilines is 1. The van der Waals surface area contributed by atoms with E-state index in [4.69, 9.17) is 4.42 Å². The summed E-state index contributed by atoms with van der Waals surface area (Å²) >= 11 is 0. The lowest BCUT2D eigenvalue weighted by atomic mass is 10.1. The van der Waals surface area contributed by atoms with Crippen LogP contribution in [0.25, 0.3) is 28.0 Å². The molecule has 188 valence electrons. The Morgan fingerprint density at radius 2 is 1.57 bits per heavy atom. The zero-order valence-electron chi connectivity index (χ0n) is 21.3. The van der Waals surface area contributed by atoms with E-state index in [0.29, 0.717) is 12.4 Å². The Morgan fingerprint density at radius 1 is 0.865 bits per heavy atom. The van der Waals surface area contributed by atoms with Crippen molar-refractivity contribution in [3.8, 4) is 16.9 Å². The first kappa shape index (κ1) is 23.3. The summed E-state index contributed by atoms with van der Waals surface area (Å²) in [5, 5.41) is 0. The van der Waals surface area contributed by atoms with Crippen LogP contribution in [0, 0.1) is 6.92 Å². The molecule has 0 atom stereocenters. The van der Waals surface area contributed by atoms with Gasteiger partial charge in [-0.15, -0.1) is 0 Å². The second kappa shape index (κ2) is 9.75. The molecule has 3 aromatic carbocycles. The average Bonchev–Trinajstić information content (AvgIpc) is 3.48. The predicted octanol–water partition coefficient (Wildman–Crippen LogP) is 4.75. The highest BCUT2D eigenvalue weighted by atomic mass is 16.3. The van der Waals surface area contributed by atoms with Gasteiger partial charge in [-0.3, -0.25) is 9.13 Å². The number of hydrogen-bond acceptors (Lipinski definition) is 5. The number of para-hydroxylation sites is 3. The lowest BCUT2D eigenvalue weighted by molar-refractivity contribution is 0.312. The van der Waals surface area contributed by atoms with Crippen LogP contribution in [0.1, 0.15) is 11.5 Å². The van der Waals surface area contributed by atoms with Crippen LogP contribution < -0.4 is 10.6 Å². The van der Waals surface area contributed by atoms with Crippen LogP contribution in [0.5, 0.6) is 0 Å². The number of piperazine rings is 1. The minimum absolute atomic E-state index is 0.0247. The molecule has 2 aromatic heterocycles. The van der Waals surface area contributed by atoms with Crippen molar-refractivity contribution >= 4 is 16.7 Å². The van der Waals surface area contributed by atoms with Gasteiger partial charge in [0.15, 0.2) is 5.89 Å². The van der Waals surface area contributed by atoms with E-state index < -0.39 is 0 Å². The number of nitrogens with zero attached hydrogens (tertiary/aromatic N) is 5. The fourth-order valence-electron chi connectivity index (χ4n) is 5.26. The molecule has 0 radical (unpaired) electrons. The number of benzene rings is 3. The maximum atomic E-state index is 13.8. The number of likely N-dealkylation sites (N-methyl/N-ethyl adjacent to an activating group) is 1. The number of hydrogen-bond donors (Lipinski definition) is 0. The van der Waals surface area contributed by atoms with Crippen molar-refractivity contribution in [2.45, 2.75) is 19.9 Å². The summed E-state index contributed by atoms with van der Waals surface area (Å²) in [6.45, 7) is 6.63. The van der Waals surface area contributed by atoms with Crippen molar-refractivity contribution in [2.75, 3.05) is 38.1 Å². The summed E-state index contributed by atoms with van der Waals surface area (Å²) in [6.07, 6.45) is 2.45. The predicted molar refractivity (Wildman–Crippen MR) is 148 cm³/mol. The quantitative estimate of drug-likeness (QED) is 0.342. The molecule has 0 saturated carbocycles. The van der Waals surface area contributed by atoms with Gasteiger partial charge >= 0.3 is 5.69 Å². The van der Waals surface area contributed by atoms with E-state index in [2.05, 4.69) is 46.1 Å². The zero-order chi connectivity index (χ0) is 25.4. The van der Waals surface area contributed by atoms with Gasteiger partial charge in [0, 0.05) is 50.9 Å². The lowest BCUT2D eigenvalue weighted by Gasteiger charge is -2.35. The Labute approximate surface area is 216 Å². The monoisotopic (exact) mass is 493 g/mol. The van der Waals surface area contributed by atoms with Gasteiger partial charge in [-0.05, 0) is 49.4 Å². The third kappa shape index (κ3) is 4.47. The van der Waals surface area contributed by atoms with E-state index in [-0.39, 0.29) is 5.69 Å². The molecule has 0 spiro atoms. The molecular formula is C30H31N5O2. The van der Waals surface area contributed by atoms with Crippen LogP contribution in [0.4, 0.5) is 5.69 Å². The first-order valence-electron chi connectivity index (χ1n) is 12.8. The van der Waals surface area contributed by atoms with Gasteiger partial charge < -0.3 is 14.2 Å². The summed E-state index contributed by atoms with van der Waals surface area (Å²) in [6, 6.07) is 24.6. The molecule has 37 heavy (non-hydrogen) atoms. The molecule has 0 bridgehead atoms. The minimum Gasteiger partial charge on any atom is -0.449 e. The van der Waals surface area contributed by atoms with Crippen molar-refractivity contribution < 1.29 is 4.42 Å². The molecule has 1 aliphatic rings. The van der Waals surface area contributed by atoms with Crippen LogP contribution in [0.15, 0.2) is 88.3 Å². The normalized spacial score (nSPS) is 14.5. The van der Waals surface area contributed by atoms with Crippen molar-refractivity contribution in [2.24, 2.45) is 0 Å². The minimum atomic E-state index is -0.0247. The molecule has 6 rings (SSSR count). The molecular weight excluding hydrogens is 462 g/mol. The standard InChI is InChI=1S/C30H31N5O2/c1-22-31-26(21-37-22)23-11-13-25(14-12-23)35-29-10-6-5-9-28(29)34(30(35)36)16-15-24-7-3-4-8-27(24)33-19-17-32(2)18-20-33/h3-14,21H,15-20H2,1-2H3. The van der Waals surface area contributed by atoms with Crippen LogP contribution in [0.2, 0.25) is 0 Å². The second-order valence-electron chi connectivity index (χ2n) is 9.73. The summed E-state index contributed by atoms with van der Waals surface area (Å²) in [5.74, 6) is 0.632. The maximum absolute atomic E-state index is 13.8. The van der Waals surface area contributed by atoms with Crippen LogP contribution in [-0.2, 0) is 13.0 Å². The highest BCUT2D eigenvalue weighted by Crippen LogP contribution is 2.25. The fraction of sp³-hybridized carbons (Fsp3) is 0.267. The third-order valence-corrected chi connectivity index (χ3v) is 7.32. The molecule has 7 nitrogen and oxygen atoms in total. The van der Waals surface area contributed by atoms with E-state index in [0.717, 1.165) is 60.6 Å². The van der Waals surface area contributed by atoms with E-state index >= 15 is 0 Å². The van der Waals surface area contributed by atoms with E-state index in [9.17, 15) is 4.79 Å². The summed E-state index contributed by atoms with van der Waals surface area (Å²) in [5.41, 5.74) is 6.97. The maximum Gasteiger partial charge on any atom is 0.333 e.